The Kier molecular flexibility index (Phi) is 5.71. The Hall–Kier alpha value is -1.49. The lowest BCUT2D eigenvalue weighted by Gasteiger charge is -2.16. The lowest BCUT2D eigenvalue weighted by atomic mass is 10.1. The second-order valence-corrected chi connectivity index (χ2v) is 4.14. The average molecular weight is 256 g/mol. The number of halogens is 2. The molecule has 1 aromatic carbocycles. The molecular weight excluding hydrogens is 238 g/mol. The molecule has 0 spiro atoms. The highest BCUT2D eigenvalue weighted by molar-refractivity contribution is 5.78. The summed E-state index contributed by atoms with van der Waals surface area (Å²) in [7, 11) is 0. The lowest BCUT2D eigenvalue weighted by molar-refractivity contribution is -0.121. The van der Waals surface area contributed by atoms with Crippen molar-refractivity contribution in [2.45, 2.75) is 32.2 Å². The molecule has 0 bridgehead atoms. The third-order valence-electron chi connectivity index (χ3n) is 2.76. The van der Waals surface area contributed by atoms with Gasteiger partial charge in [0, 0.05) is 11.6 Å². The van der Waals surface area contributed by atoms with E-state index < -0.39 is 11.6 Å². The molecule has 0 saturated heterocycles. The van der Waals surface area contributed by atoms with Gasteiger partial charge in [0.15, 0.2) is 11.6 Å². The van der Waals surface area contributed by atoms with Crippen LogP contribution in [0, 0.1) is 11.6 Å². The number of nitrogens with two attached hydrogens (primary N) is 1. The molecule has 0 aliphatic heterocycles. The van der Waals surface area contributed by atoms with Crippen LogP contribution in [0.15, 0.2) is 18.2 Å². The molecule has 1 amide bonds. The Morgan fingerprint density at radius 2 is 2.17 bits per heavy atom. The number of nitrogens with one attached hydrogen (secondary N) is 1. The van der Waals surface area contributed by atoms with Gasteiger partial charge in [-0.05, 0) is 25.5 Å². The Balaban J connectivity index is 2.61. The second-order valence-electron chi connectivity index (χ2n) is 4.14. The highest BCUT2D eigenvalue weighted by Crippen LogP contribution is 2.12. The zero-order chi connectivity index (χ0) is 13.5. The average Bonchev–Trinajstić information content (AvgIpc) is 2.34. The van der Waals surface area contributed by atoms with E-state index in [0.29, 0.717) is 13.0 Å². The van der Waals surface area contributed by atoms with Gasteiger partial charge in [-0.3, -0.25) is 4.79 Å². The van der Waals surface area contributed by atoms with Crippen LogP contribution < -0.4 is 11.1 Å². The van der Waals surface area contributed by atoms with Gasteiger partial charge in [-0.25, -0.2) is 8.78 Å². The number of carbonyl (C=O) groups excluding carboxylic acids is 1. The molecule has 1 atom stereocenters. The third-order valence-corrected chi connectivity index (χ3v) is 2.76. The molecule has 3 N–H and O–H groups in total. The standard InChI is InChI=1S/C13H18F2N2O/c1-2-10(6-7-16)17-12(18)8-9-4-3-5-11(14)13(9)15/h3-5,10H,2,6-8,16H2,1H3,(H,17,18). The van der Waals surface area contributed by atoms with E-state index in [0.717, 1.165) is 12.5 Å². The molecule has 0 radical (unpaired) electrons. The molecule has 0 fully saturated rings. The van der Waals surface area contributed by atoms with Crippen LogP contribution in [0.3, 0.4) is 0 Å². The number of hydrogen-bond donors (Lipinski definition) is 2. The summed E-state index contributed by atoms with van der Waals surface area (Å²) in [5, 5.41) is 2.75. The van der Waals surface area contributed by atoms with E-state index >= 15 is 0 Å². The number of carbonyl (C=O) groups is 1. The van der Waals surface area contributed by atoms with Gasteiger partial charge >= 0.3 is 0 Å². The fraction of sp³-hybridized carbons (Fsp3) is 0.462. The van der Waals surface area contributed by atoms with Crippen LogP contribution in [0.25, 0.3) is 0 Å². The normalized spacial score (nSPS) is 12.2. The van der Waals surface area contributed by atoms with E-state index in [1.54, 1.807) is 0 Å². The van der Waals surface area contributed by atoms with Crippen molar-refractivity contribution in [1.29, 1.82) is 0 Å². The highest BCUT2D eigenvalue weighted by atomic mass is 19.2. The van der Waals surface area contributed by atoms with Crippen molar-refractivity contribution >= 4 is 5.91 Å². The van der Waals surface area contributed by atoms with Gasteiger partial charge in [0.05, 0.1) is 6.42 Å². The van der Waals surface area contributed by atoms with Crippen molar-refractivity contribution in [2.24, 2.45) is 5.73 Å². The van der Waals surface area contributed by atoms with Gasteiger partial charge < -0.3 is 11.1 Å². The SMILES string of the molecule is CCC(CCN)NC(=O)Cc1cccc(F)c1F. The van der Waals surface area contributed by atoms with Gasteiger partial charge in [0.2, 0.25) is 5.91 Å². The first-order valence-corrected chi connectivity index (χ1v) is 6.00. The van der Waals surface area contributed by atoms with Crippen LogP contribution in [0.2, 0.25) is 0 Å². The van der Waals surface area contributed by atoms with Crippen molar-refractivity contribution in [3.63, 3.8) is 0 Å². The van der Waals surface area contributed by atoms with Crippen LogP contribution in [0.4, 0.5) is 8.78 Å². The zero-order valence-electron chi connectivity index (χ0n) is 10.4. The van der Waals surface area contributed by atoms with E-state index in [4.69, 9.17) is 5.73 Å². The molecule has 0 aliphatic carbocycles. The van der Waals surface area contributed by atoms with Crippen LogP contribution >= 0.6 is 0 Å². The molecule has 1 unspecified atom stereocenters. The molecule has 5 heteroatoms. The minimum absolute atomic E-state index is 0.0147. The molecule has 0 aromatic heterocycles. The van der Waals surface area contributed by atoms with Crippen molar-refractivity contribution in [3.8, 4) is 0 Å². The summed E-state index contributed by atoms with van der Waals surface area (Å²) in [5.41, 5.74) is 5.48. The molecule has 3 nitrogen and oxygen atoms in total. The molecular formula is C13H18F2N2O. The summed E-state index contributed by atoms with van der Waals surface area (Å²) in [4.78, 5) is 11.7. The first-order chi connectivity index (χ1) is 8.58. The lowest BCUT2D eigenvalue weighted by Crippen LogP contribution is -2.37. The van der Waals surface area contributed by atoms with E-state index in [1.165, 1.54) is 12.1 Å². The van der Waals surface area contributed by atoms with Crippen LogP contribution in [0.1, 0.15) is 25.3 Å². The predicted octanol–water partition coefficient (Wildman–Crippen LogP) is 1.75. The zero-order valence-corrected chi connectivity index (χ0v) is 10.4. The summed E-state index contributed by atoms with van der Waals surface area (Å²) < 4.78 is 26.3. The molecule has 0 saturated carbocycles. The van der Waals surface area contributed by atoms with Gasteiger partial charge in [-0.15, -0.1) is 0 Å². The Morgan fingerprint density at radius 3 is 2.78 bits per heavy atom. The fourth-order valence-corrected chi connectivity index (χ4v) is 1.72. The van der Waals surface area contributed by atoms with Crippen LogP contribution in [-0.2, 0) is 11.2 Å². The number of rotatable bonds is 6. The number of benzene rings is 1. The van der Waals surface area contributed by atoms with E-state index in [1.807, 2.05) is 6.92 Å². The topological polar surface area (TPSA) is 55.1 Å². The number of hydrogen-bond acceptors (Lipinski definition) is 2. The first kappa shape index (κ1) is 14.6. The van der Waals surface area contributed by atoms with E-state index in [9.17, 15) is 13.6 Å². The van der Waals surface area contributed by atoms with E-state index in [-0.39, 0.29) is 23.9 Å². The molecule has 0 aliphatic rings. The Bertz CT molecular complexity index is 410. The maximum Gasteiger partial charge on any atom is 0.224 e. The van der Waals surface area contributed by atoms with Gasteiger partial charge in [-0.2, -0.15) is 0 Å². The molecule has 1 aromatic rings. The van der Waals surface area contributed by atoms with Crippen molar-refractivity contribution in [3.05, 3.63) is 35.4 Å². The molecule has 1 rings (SSSR count). The minimum atomic E-state index is -0.959. The predicted molar refractivity (Wildman–Crippen MR) is 66.0 cm³/mol. The fourth-order valence-electron chi connectivity index (χ4n) is 1.72. The van der Waals surface area contributed by atoms with Gasteiger partial charge in [0.25, 0.3) is 0 Å². The smallest absolute Gasteiger partial charge is 0.224 e. The summed E-state index contributed by atoms with van der Waals surface area (Å²) in [6.45, 7) is 2.41. The number of amides is 1. The third kappa shape index (κ3) is 4.07. The Labute approximate surface area is 105 Å². The summed E-state index contributed by atoms with van der Waals surface area (Å²) in [5.74, 6) is -2.21. The summed E-state index contributed by atoms with van der Waals surface area (Å²) in [6, 6.07) is 3.80. The molecule has 18 heavy (non-hydrogen) atoms. The van der Waals surface area contributed by atoms with Crippen LogP contribution in [-0.4, -0.2) is 18.5 Å². The monoisotopic (exact) mass is 256 g/mol. The van der Waals surface area contributed by atoms with E-state index in [2.05, 4.69) is 5.32 Å². The minimum Gasteiger partial charge on any atom is -0.353 e. The first-order valence-electron chi connectivity index (χ1n) is 6.00. The maximum absolute atomic E-state index is 13.4. The van der Waals surface area contributed by atoms with Crippen LogP contribution in [0.5, 0.6) is 0 Å². The van der Waals surface area contributed by atoms with Gasteiger partial charge in [-0.1, -0.05) is 19.1 Å². The Morgan fingerprint density at radius 1 is 1.44 bits per heavy atom. The summed E-state index contributed by atoms with van der Waals surface area (Å²) in [6.07, 6.45) is 1.27. The summed E-state index contributed by atoms with van der Waals surface area (Å²) >= 11 is 0. The molecule has 100 valence electrons. The van der Waals surface area contributed by atoms with Crippen molar-refractivity contribution < 1.29 is 13.6 Å². The van der Waals surface area contributed by atoms with Gasteiger partial charge in [0.1, 0.15) is 0 Å². The largest absolute Gasteiger partial charge is 0.353 e. The van der Waals surface area contributed by atoms with Crippen molar-refractivity contribution in [1.82, 2.24) is 5.32 Å². The maximum atomic E-state index is 13.4. The quantitative estimate of drug-likeness (QED) is 0.814. The second kappa shape index (κ2) is 7.06. The molecule has 0 heterocycles. The van der Waals surface area contributed by atoms with Crippen molar-refractivity contribution in [2.75, 3.05) is 6.54 Å². The highest BCUT2D eigenvalue weighted by Gasteiger charge is 2.14.